The van der Waals surface area contributed by atoms with Crippen molar-refractivity contribution >= 4 is 29.4 Å². The lowest BCUT2D eigenvalue weighted by atomic mass is 10.3. The first-order valence-electron chi connectivity index (χ1n) is 6.34. The van der Waals surface area contributed by atoms with E-state index >= 15 is 0 Å². The fraction of sp³-hybridized carbons (Fsp3) is 0.750. The van der Waals surface area contributed by atoms with Crippen molar-refractivity contribution in [2.24, 2.45) is 4.99 Å². The van der Waals surface area contributed by atoms with Crippen molar-refractivity contribution in [2.75, 3.05) is 28.3 Å². The van der Waals surface area contributed by atoms with Crippen molar-refractivity contribution in [3.8, 4) is 0 Å². The van der Waals surface area contributed by atoms with E-state index < -0.39 is 6.09 Å². The first-order valence-corrected chi connectivity index (χ1v) is 6.74. The summed E-state index contributed by atoms with van der Waals surface area (Å²) in [4.78, 5) is 18.9. The second-order valence-corrected chi connectivity index (χ2v) is 5.15. The summed E-state index contributed by atoms with van der Waals surface area (Å²) in [7, 11) is 6.54. The summed E-state index contributed by atoms with van der Waals surface area (Å²) in [6, 6.07) is 0.406. The van der Waals surface area contributed by atoms with Gasteiger partial charge in [0.1, 0.15) is 0 Å². The standard InChI is InChI=1S/C12H22N4O2S/c1-15(2)11(16(3)12(17)18-4)14-10(19)13-9-7-5-6-8-9/h9H,5-8H2,1-4H3,(H,13,19)/b14-11+. The zero-order valence-corrected chi connectivity index (χ0v) is 12.8. The highest BCUT2D eigenvalue weighted by atomic mass is 32.1. The third-order valence-corrected chi connectivity index (χ3v) is 3.24. The molecule has 0 aromatic rings. The van der Waals surface area contributed by atoms with Gasteiger partial charge in [-0.1, -0.05) is 12.8 Å². The number of amides is 1. The van der Waals surface area contributed by atoms with Crippen LogP contribution in [0.15, 0.2) is 4.99 Å². The number of methoxy groups -OCH3 is 1. The van der Waals surface area contributed by atoms with Gasteiger partial charge in [0.05, 0.1) is 7.11 Å². The third-order valence-electron chi connectivity index (χ3n) is 3.03. The number of guanidine groups is 1. The smallest absolute Gasteiger partial charge is 0.416 e. The molecule has 0 unspecified atom stereocenters. The number of carbonyl (C=O) groups is 1. The highest BCUT2D eigenvalue weighted by Crippen LogP contribution is 2.17. The SMILES string of the molecule is COC(=O)N(C)/C(=N/C(=S)NC1CCCC1)N(C)C. The molecular weight excluding hydrogens is 264 g/mol. The number of carbonyl (C=O) groups excluding carboxylic acids is 1. The number of aliphatic imine (C=N–C) groups is 1. The summed E-state index contributed by atoms with van der Waals surface area (Å²) >= 11 is 5.22. The van der Waals surface area contributed by atoms with Gasteiger partial charge in [-0.3, -0.25) is 4.90 Å². The van der Waals surface area contributed by atoms with Crippen LogP contribution in [-0.2, 0) is 4.74 Å². The Hall–Kier alpha value is -1.37. The molecule has 0 aromatic heterocycles. The molecule has 1 fully saturated rings. The minimum Gasteiger partial charge on any atom is -0.452 e. The molecule has 0 radical (unpaired) electrons. The molecule has 1 N–H and O–H groups in total. The molecule has 6 nitrogen and oxygen atoms in total. The van der Waals surface area contributed by atoms with Crippen molar-refractivity contribution in [3.63, 3.8) is 0 Å². The number of nitrogens with one attached hydrogen (secondary N) is 1. The Morgan fingerprint density at radius 2 is 1.89 bits per heavy atom. The predicted octanol–water partition coefficient (Wildman–Crippen LogP) is 1.42. The summed E-state index contributed by atoms with van der Waals surface area (Å²) in [5.41, 5.74) is 0. The largest absolute Gasteiger partial charge is 0.452 e. The summed E-state index contributed by atoms with van der Waals surface area (Å²) in [5, 5.41) is 3.62. The number of ether oxygens (including phenoxy) is 1. The quantitative estimate of drug-likeness (QED) is 0.449. The molecule has 0 heterocycles. The molecule has 0 aromatic carbocycles. The monoisotopic (exact) mass is 286 g/mol. The van der Waals surface area contributed by atoms with Crippen LogP contribution in [0.5, 0.6) is 0 Å². The molecule has 1 aliphatic rings. The van der Waals surface area contributed by atoms with Gasteiger partial charge in [-0.15, -0.1) is 0 Å². The van der Waals surface area contributed by atoms with E-state index in [1.165, 1.54) is 24.9 Å². The zero-order chi connectivity index (χ0) is 14.4. The van der Waals surface area contributed by atoms with Crippen LogP contribution < -0.4 is 5.32 Å². The number of hydrogen-bond donors (Lipinski definition) is 1. The molecule has 1 aliphatic carbocycles. The fourth-order valence-corrected chi connectivity index (χ4v) is 2.31. The van der Waals surface area contributed by atoms with Crippen LogP contribution in [0.3, 0.4) is 0 Å². The highest BCUT2D eigenvalue weighted by Gasteiger charge is 2.19. The Morgan fingerprint density at radius 1 is 1.32 bits per heavy atom. The van der Waals surface area contributed by atoms with Crippen LogP contribution in [-0.4, -0.2) is 61.3 Å². The molecule has 19 heavy (non-hydrogen) atoms. The van der Waals surface area contributed by atoms with Gasteiger partial charge in [0.2, 0.25) is 5.96 Å². The first kappa shape index (κ1) is 15.7. The number of thiocarbonyl (C=S) groups is 1. The maximum Gasteiger partial charge on any atom is 0.416 e. The molecule has 0 atom stereocenters. The van der Waals surface area contributed by atoms with E-state index in [-0.39, 0.29) is 0 Å². The molecule has 108 valence electrons. The van der Waals surface area contributed by atoms with Gasteiger partial charge in [0.25, 0.3) is 0 Å². The van der Waals surface area contributed by atoms with E-state index in [1.807, 2.05) is 0 Å². The lowest BCUT2D eigenvalue weighted by Crippen LogP contribution is -2.43. The van der Waals surface area contributed by atoms with E-state index in [0.29, 0.717) is 17.1 Å². The van der Waals surface area contributed by atoms with Crippen molar-refractivity contribution < 1.29 is 9.53 Å². The van der Waals surface area contributed by atoms with Gasteiger partial charge in [0.15, 0.2) is 5.11 Å². The number of hydrogen-bond acceptors (Lipinski definition) is 3. The minimum absolute atomic E-state index is 0.406. The van der Waals surface area contributed by atoms with Crippen molar-refractivity contribution in [1.82, 2.24) is 15.1 Å². The molecule has 1 amide bonds. The number of rotatable bonds is 1. The average Bonchev–Trinajstić information content (AvgIpc) is 2.86. The van der Waals surface area contributed by atoms with E-state index in [9.17, 15) is 4.79 Å². The molecule has 0 bridgehead atoms. The van der Waals surface area contributed by atoms with Crippen LogP contribution in [0, 0.1) is 0 Å². The summed E-state index contributed by atoms with van der Waals surface area (Å²) in [6.45, 7) is 0. The maximum absolute atomic E-state index is 11.5. The van der Waals surface area contributed by atoms with E-state index in [4.69, 9.17) is 12.2 Å². The minimum atomic E-state index is -0.476. The second kappa shape index (κ2) is 7.28. The third kappa shape index (κ3) is 4.66. The Balaban J connectivity index is 2.70. The predicted molar refractivity (Wildman–Crippen MR) is 79.3 cm³/mol. The zero-order valence-electron chi connectivity index (χ0n) is 12.0. The topological polar surface area (TPSA) is 57.2 Å². The normalized spacial score (nSPS) is 16.1. The van der Waals surface area contributed by atoms with Gasteiger partial charge in [-0.25, -0.2) is 4.79 Å². The molecule has 1 rings (SSSR count). The van der Waals surface area contributed by atoms with Crippen molar-refractivity contribution in [2.45, 2.75) is 31.7 Å². The van der Waals surface area contributed by atoms with E-state index in [0.717, 1.165) is 12.8 Å². The van der Waals surface area contributed by atoms with Crippen LogP contribution >= 0.6 is 12.2 Å². The second-order valence-electron chi connectivity index (χ2n) is 4.77. The molecule has 1 saturated carbocycles. The van der Waals surface area contributed by atoms with E-state index in [1.54, 1.807) is 26.0 Å². The van der Waals surface area contributed by atoms with Crippen LogP contribution in [0.1, 0.15) is 25.7 Å². The Labute approximate surface area is 119 Å². The van der Waals surface area contributed by atoms with Gasteiger partial charge < -0.3 is 15.0 Å². The van der Waals surface area contributed by atoms with Gasteiger partial charge in [-0.05, 0) is 25.1 Å². The maximum atomic E-state index is 11.5. The number of nitrogens with zero attached hydrogens (tertiary/aromatic N) is 3. The average molecular weight is 286 g/mol. The highest BCUT2D eigenvalue weighted by molar-refractivity contribution is 7.80. The van der Waals surface area contributed by atoms with Crippen molar-refractivity contribution in [1.29, 1.82) is 0 Å². The Morgan fingerprint density at radius 3 is 2.37 bits per heavy atom. The summed E-state index contributed by atoms with van der Waals surface area (Å²) < 4.78 is 4.67. The van der Waals surface area contributed by atoms with Crippen molar-refractivity contribution in [3.05, 3.63) is 0 Å². The van der Waals surface area contributed by atoms with Crippen LogP contribution in [0.25, 0.3) is 0 Å². The summed E-state index contributed by atoms with van der Waals surface area (Å²) in [6.07, 6.45) is 4.23. The first-order chi connectivity index (χ1) is 8.95. The Kier molecular flexibility index (Phi) is 6.01. The van der Waals surface area contributed by atoms with E-state index in [2.05, 4.69) is 15.0 Å². The molecule has 0 spiro atoms. The van der Waals surface area contributed by atoms with Crippen LogP contribution in [0.4, 0.5) is 4.79 Å². The summed E-state index contributed by atoms with van der Waals surface area (Å²) in [5.74, 6) is 0.447. The lowest BCUT2D eigenvalue weighted by Gasteiger charge is -2.24. The fourth-order valence-electron chi connectivity index (χ4n) is 2.06. The molecular formula is C12H22N4O2S. The lowest BCUT2D eigenvalue weighted by molar-refractivity contribution is 0.149. The molecule has 7 heteroatoms. The Bertz CT molecular complexity index is 365. The van der Waals surface area contributed by atoms with Gasteiger partial charge >= 0.3 is 6.09 Å². The molecule has 0 aliphatic heterocycles. The van der Waals surface area contributed by atoms with Gasteiger partial charge in [0, 0.05) is 27.2 Å². The van der Waals surface area contributed by atoms with Gasteiger partial charge in [-0.2, -0.15) is 4.99 Å². The molecule has 0 saturated heterocycles. The van der Waals surface area contributed by atoms with Crippen LogP contribution in [0.2, 0.25) is 0 Å².